The van der Waals surface area contributed by atoms with Crippen molar-refractivity contribution in [3.05, 3.63) is 35.2 Å². The molecular formula is C15H19NO4S2. The molecule has 1 heterocycles. The summed E-state index contributed by atoms with van der Waals surface area (Å²) in [5.74, 6) is -0.171. The lowest BCUT2D eigenvalue weighted by atomic mass is 10.1. The lowest BCUT2D eigenvalue weighted by molar-refractivity contribution is -0.154. The van der Waals surface area contributed by atoms with Crippen LogP contribution in [0.25, 0.3) is 10.1 Å². The van der Waals surface area contributed by atoms with Gasteiger partial charge in [0.1, 0.15) is 0 Å². The number of sulfone groups is 1. The van der Waals surface area contributed by atoms with E-state index in [1.165, 1.54) is 0 Å². The highest BCUT2D eigenvalue weighted by atomic mass is 32.2. The molecule has 1 amide bonds. The Morgan fingerprint density at radius 2 is 2.05 bits per heavy atom. The molecule has 0 fully saturated rings. The van der Waals surface area contributed by atoms with Crippen LogP contribution >= 0.6 is 11.3 Å². The van der Waals surface area contributed by atoms with E-state index in [0.29, 0.717) is 5.56 Å². The third-order valence-electron chi connectivity index (χ3n) is 3.38. The summed E-state index contributed by atoms with van der Waals surface area (Å²) < 4.78 is 26.2. The van der Waals surface area contributed by atoms with E-state index in [2.05, 4.69) is 0 Å². The zero-order valence-corrected chi connectivity index (χ0v) is 14.1. The van der Waals surface area contributed by atoms with Crippen molar-refractivity contribution in [3.8, 4) is 0 Å². The topological polar surface area (TPSA) is 74.7 Å². The van der Waals surface area contributed by atoms with E-state index in [9.17, 15) is 18.4 Å². The van der Waals surface area contributed by atoms with Crippen molar-refractivity contribution in [2.24, 2.45) is 5.92 Å². The van der Waals surface area contributed by atoms with E-state index in [4.69, 9.17) is 0 Å². The molecule has 2 rings (SSSR count). The molecule has 1 atom stereocenters. The zero-order valence-electron chi connectivity index (χ0n) is 12.5. The van der Waals surface area contributed by atoms with Crippen molar-refractivity contribution in [1.29, 1.82) is 0 Å². The van der Waals surface area contributed by atoms with Crippen LogP contribution < -0.4 is 0 Å². The predicted octanol–water partition coefficient (Wildman–Crippen LogP) is 3.04. The van der Waals surface area contributed by atoms with Crippen LogP contribution in [-0.4, -0.2) is 30.5 Å². The molecule has 0 aliphatic heterocycles. The van der Waals surface area contributed by atoms with E-state index >= 15 is 0 Å². The summed E-state index contributed by atoms with van der Waals surface area (Å²) in [5, 5.41) is 11.6. The lowest BCUT2D eigenvalue weighted by Gasteiger charge is -2.24. The summed E-state index contributed by atoms with van der Waals surface area (Å²) in [5.41, 5.74) is 0.652. The molecule has 7 heteroatoms. The summed E-state index contributed by atoms with van der Waals surface area (Å²) in [6.07, 6.45) is 0.338. The first-order valence-corrected chi connectivity index (χ1v) is 9.53. The number of nitrogens with zero attached hydrogens (tertiary/aromatic N) is 1. The number of carbonyl (C=O) groups is 1. The number of fused-ring (bicyclic) bond motifs is 1. The van der Waals surface area contributed by atoms with Gasteiger partial charge in [-0.15, -0.1) is 11.3 Å². The Bertz CT molecular complexity index is 752. The molecule has 120 valence electrons. The number of benzene rings is 1. The highest BCUT2D eigenvalue weighted by molar-refractivity contribution is 7.91. The lowest BCUT2D eigenvalue weighted by Crippen LogP contribution is -2.39. The molecule has 0 bridgehead atoms. The number of rotatable bonds is 7. The third-order valence-corrected chi connectivity index (χ3v) is 6.25. The van der Waals surface area contributed by atoms with Crippen molar-refractivity contribution in [3.63, 3.8) is 0 Å². The molecule has 2 aromatic rings. The SMILES string of the molecule is CC(C)CC(N(O)C=O)S(=O)(=O)Cc1ccc2sccc2c1. The maximum absolute atomic E-state index is 12.6. The summed E-state index contributed by atoms with van der Waals surface area (Å²) in [6.45, 7) is 3.69. The van der Waals surface area contributed by atoms with Gasteiger partial charge in [-0.1, -0.05) is 19.9 Å². The predicted molar refractivity (Wildman–Crippen MR) is 87.4 cm³/mol. The largest absolute Gasteiger partial charge is 0.285 e. The molecule has 0 aliphatic rings. The Balaban J connectivity index is 2.28. The van der Waals surface area contributed by atoms with Crippen LogP contribution in [-0.2, 0) is 20.4 Å². The van der Waals surface area contributed by atoms with Gasteiger partial charge < -0.3 is 0 Å². The molecule has 0 radical (unpaired) electrons. The van der Waals surface area contributed by atoms with Crippen LogP contribution in [0.5, 0.6) is 0 Å². The minimum atomic E-state index is -3.69. The Hall–Kier alpha value is -1.44. The minimum Gasteiger partial charge on any atom is -0.285 e. The zero-order chi connectivity index (χ0) is 16.3. The quantitative estimate of drug-likeness (QED) is 0.477. The first kappa shape index (κ1) is 16.9. The van der Waals surface area contributed by atoms with Crippen LogP contribution in [0.4, 0.5) is 0 Å². The fraction of sp³-hybridized carbons (Fsp3) is 0.400. The molecule has 0 spiro atoms. The molecule has 5 nitrogen and oxygen atoms in total. The number of carbonyl (C=O) groups excluding carboxylic acids is 1. The van der Waals surface area contributed by atoms with Crippen LogP contribution in [0.3, 0.4) is 0 Å². The van der Waals surface area contributed by atoms with Gasteiger partial charge in [-0.25, -0.2) is 13.5 Å². The van der Waals surface area contributed by atoms with E-state index in [1.54, 1.807) is 17.4 Å². The van der Waals surface area contributed by atoms with E-state index in [1.807, 2.05) is 37.4 Å². The van der Waals surface area contributed by atoms with Gasteiger partial charge >= 0.3 is 0 Å². The van der Waals surface area contributed by atoms with Gasteiger partial charge in [0.2, 0.25) is 6.41 Å². The first-order chi connectivity index (χ1) is 10.3. The van der Waals surface area contributed by atoms with E-state index in [0.717, 1.165) is 10.1 Å². The summed E-state index contributed by atoms with van der Waals surface area (Å²) >= 11 is 1.59. The van der Waals surface area contributed by atoms with Gasteiger partial charge in [0.05, 0.1) is 5.75 Å². The second-order valence-corrected chi connectivity index (χ2v) is 8.78. The average molecular weight is 341 g/mol. The Morgan fingerprint density at radius 1 is 1.32 bits per heavy atom. The maximum Gasteiger partial charge on any atom is 0.234 e. The molecule has 0 saturated heterocycles. The van der Waals surface area contributed by atoms with Crippen molar-refractivity contribution in [2.45, 2.75) is 31.4 Å². The van der Waals surface area contributed by atoms with E-state index < -0.39 is 15.2 Å². The fourth-order valence-corrected chi connectivity index (χ4v) is 4.99. The van der Waals surface area contributed by atoms with Crippen LogP contribution in [0.2, 0.25) is 0 Å². The molecule has 0 aliphatic carbocycles. The van der Waals surface area contributed by atoms with Crippen LogP contribution in [0, 0.1) is 5.92 Å². The third kappa shape index (κ3) is 3.85. The second kappa shape index (κ2) is 6.76. The van der Waals surface area contributed by atoms with Crippen molar-refractivity contribution in [2.75, 3.05) is 0 Å². The average Bonchev–Trinajstić information content (AvgIpc) is 2.90. The van der Waals surface area contributed by atoms with Crippen LogP contribution in [0.1, 0.15) is 25.8 Å². The van der Waals surface area contributed by atoms with Gasteiger partial charge in [0.25, 0.3) is 0 Å². The van der Waals surface area contributed by atoms with Gasteiger partial charge in [-0.3, -0.25) is 10.0 Å². The number of hydrogen-bond acceptors (Lipinski definition) is 5. The molecular weight excluding hydrogens is 322 g/mol. The number of thiophene rings is 1. The van der Waals surface area contributed by atoms with Crippen molar-refractivity contribution in [1.82, 2.24) is 5.06 Å². The monoisotopic (exact) mass is 341 g/mol. The highest BCUT2D eigenvalue weighted by Gasteiger charge is 2.31. The number of hydroxylamine groups is 2. The number of hydrogen-bond donors (Lipinski definition) is 1. The summed E-state index contributed by atoms with van der Waals surface area (Å²) in [7, 11) is -3.69. The number of amides is 1. The standard InChI is InChI=1S/C15H19NO4S2/c1-11(2)7-15(16(18)10-17)22(19,20)9-12-3-4-14-13(8-12)5-6-21-14/h3-6,8,10-11,15,18H,7,9H2,1-2H3. The molecule has 1 unspecified atom stereocenters. The molecule has 1 aromatic carbocycles. The van der Waals surface area contributed by atoms with Gasteiger partial charge in [-0.2, -0.15) is 0 Å². The first-order valence-electron chi connectivity index (χ1n) is 6.93. The van der Waals surface area contributed by atoms with Gasteiger partial charge in [0, 0.05) is 4.70 Å². The smallest absolute Gasteiger partial charge is 0.234 e. The Labute approximate surface area is 134 Å². The second-order valence-electron chi connectivity index (χ2n) is 5.67. The summed E-state index contributed by atoms with van der Waals surface area (Å²) in [4.78, 5) is 10.8. The highest BCUT2D eigenvalue weighted by Crippen LogP contribution is 2.25. The minimum absolute atomic E-state index is 0.0359. The fourth-order valence-electron chi connectivity index (χ4n) is 2.32. The molecule has 1 N–H and O–H groups in total. The normalized spacial score (nSPS) is 13.5. The Morgan fingerprint density at radius 3 is 2.68 bits per heavy atom. The molecule has 22 heavy (non-hydrogen) atoms. The van der Waals surface area contributed by atoms with Crippen molar-refractivity contribution >= 4 is 37.7 Å². The Kier molecular flexibility index (Phi) is 5.20. The van der Waals surface area contributed by atoms with Crippen LogP contribution in [0.15, 0.2) is 29.6 Å². The molecule has 0 saturated carbocycles. The van der Waals surface area contributed by atoms with Gasteiger partial charge in [-0.05, 0) is 46.9 Å². The molecule has 1 aromatic heterocycles. The maximum atomic E-state index is 12.6. The summed E-state index contributed by atoms with van der Waals surface area (Å²) in [6, 6.07) is 7.42. The van der Waals surface area contributed by atoms with Gasteiger partial charge in [0.15, 0.2) is 15.2 Å². The van der Waals surface area contributed by atoms with Crippen molar-refractivity contribution < 1.29 is 18.4 Å². The van der Waals surface area contributed by atoms with E-state index in [-0.39, 0.29) is 29.6 Å².